The van der Waals surface area contributed by atoms with Gasteiger partial charge in [0.2, 0.25) is 0 Å². The van der Waals surface area contributed by atoms with E-state index in [-0.39, 0.29) is 5.91 Å². The third kappa shape index (κ3) is 3.08. The lowest BCUT2D eigenvalue weighted by molar-refractivity contribution is -0.124. The van der Waals surface area contributed by atoms with Gasteiger partial charge in [-0.25, -0.2) is 0 Å². The zero-order valence-corrected chi connectivity index (χ0v) is 12.9. The number of methoxy groups -OCH3 is 1. The molecule has 1 aromatic rings. The van der Waals surface area contributed by atoms with Crippen molar-refractivity contribution in [1.82, 2.24) is 10.6 Å². The van der Waals surface area contributed by atoms with Crippen LogP contribution in [0.3, 0.4) is 0 Å². The van der Waals surface area contributed by atoms with Gasteiger partial charge in [-0.05, 0) is 24.0 Å². The minimum absolute atomic E-state index is 0.0505. The normalized spacial score (nSPS) is 23.2. The minimum atomic E-state index is -0.724. The molecule has 0 bridgehead atoms. The zero-order valence-electron chi connectivity index (χ0n) is 12.9. The highest BCUT2D eigenvalue weighted by molar-refractivity contribution is 6.09. The number of guanidine groups is 1. The molecule has 1 unspecified atom stereocenters. The first-order valence-electron chi connectivity index (χ1n) is 7.38. The van der Waals surface area contributed by atoms with E-state index in [2.05, 4.69) is 34.7 Å². The predicted octanol–water partition coefficient (Wildman–Crippen LogP) is 1.58. The van der Waals surface area contributed by atoms with Gasteiger partial charge >= 0.3 is 0 Å². The van der Waals surface area contributed by atoms with Crippen molar-refractivity contribution in [3.05, 3.63) is 35.4 Å². The number of hydrogen-bond acceptors (Lipinski definition) is 3. The Kier molecular flexibility index (Phi) is 4.96. The van der Waals surface area contributed by atoms with Crippen LogP contribution in [-0.2, 0) is 21.5 Å². The van der Waals surface area contributed by atoms with E-state index in [0.29, 0.717) is 25.5 Å². The standard InChI is InChI=1S/C16H23N3O2/c1-4-12-6-8-13(9-7-12)16(5-2)14(20)18-15(19-16)17-10-11-21-3/h6-9H,4-5,10-11H2,1-3H3,(H2,17,18,19,20). The van der Waals surface area contributed by atoms with Gasteiger partial charge in [0.05, 0.1) is 13.2 Å². The number of carbonyl (C=O) groups excluding carboxylic acids is 1. The Labute approximate surface area is 125 Å². The highest BCUT2D eigenvalue weighted by atomic mass is 16.5. The summed E-state index contributed by atoms with van der Waals surface area (Å²) in [7, 11) is 1.63. The number of aliphatic imine (C=N–C) groups is 1. The summed E-state index contributed by atoms with van der Waals surface area (Å²) in [6, 6.07) is 8.18. The molecule has 1 atom stereocenters. The van der Waals surface area contributed by atoms with Crippen molar-refractivity contribution in [2.75, 3.05) is 20.3 Å². The lowest BCUT2D eigenvalue weighted by Gasteiger charge is -2.25. The Hall–Kier alpha value is -1.88. The van der Waals surface area contributed by atoms with Crippen molar-refractivity contribution in [1.29, 1.82) is 0 Å². The molecule has 0 radical (unpaired) electrons. The van der Waals surface area contributed by atoms with Gasteiger partial charge in [0, 0.05) is 7.11 Å². The molecule has 1 heterocycles. The summed E-state index contributed by atoms with van der Waals surface area (Å²) < 4.78 is 4.97. The minimum Gasteiger partial charge on any atom is -0.383 e. The van der Waals surface area contributed by atoms with E-state index < -0.39 is 5.54 Å². The number of nitrogens with one attached hydrogen (secondary N) is 2. The number of ether oxygens (including phenoxy) is 1. The molecule has 21 heavy (non-hydrogen) atoms. The molecular weight excluding hydrogens is 266 g/mol. The van der Waals surface area contributed by atoms with E-state index in [9.17, 15) is 4.79 Å². The topological polar surface area (TPSA) is 62.7 Å². The van der Waals surface area contributed by atoms with Gasteiger partial charge in [-0.2, -0.15) is 0 Å². The second kappa shape index (κ2) is 6.72. The average molecular weight is 289 g/mol. The Morgan fingerprint density at radius 1 is 1.24 bits per heavy atom. The monoisotopic (exact) mass is 289 g/mol. The molecule has 1 aromatic carbocycles. The number of hydrogen-bond donors (Lipinski definition) is 2. The first kappa shape index (κ1) is 15.5. The van der Waals surface area contributed by atoms with Crippen LogP contribution in [0.15, 0.2) is 29.3 Å². The summed E-state index contributed by atoms with van der Waals surface area (Å²) in [5.41, 5.74) is 1.51. The van der Waals surface area contributed by atoms with Crippen LogP contribution in [0.25, 0.3) is 0 Å². The lowest BCUT2D eigenvalue weighted by atomic mass is 9.87. The number of benzene rings is 1. The molecule has 0 saturated carbocycles. The molecule has 114 valence electrons. The number of aryl methyl sites for hydroxylation is 1. The third-order valence-electron chi connectivity index (χ3n) is 3.90. The molecule has 0 aromatic heterocycles. The molecule has 5 heteroatoms. The van der Waals surface area contributed by atoms with E-state index in [4.69, 9.17) is 4.74 Å². The highest BCUT2D eigenvalue weighted by Gasteiger charge is 2.45. The third-order valence-corrected chi connectivity index (χ3v) is 3.90. The van der Waals surface area contributed by atoms with Crippen LogP contribution >= 0.6 is 0 Å². The van der Waals surface area contributed by atoms with Crippen molar-refractivity contribution in [2.45, 2.75) is 32.2 Å². The largest absolute Gasteiger partial charge is 0.383 e. The molecule has 1 fully saturated rings. The summed E-state index contributed by atoms with van der Waals surface area (Å²) in [6.45, 7) is 5.17. The van der Waals surface area contributed by atoms with E-state index in [0.717, 1.165) is 12.0 Å². The maximum Gasteiger partial charge on any atom is 0.257 e. The van der Waals surface area contributed by atoms with Crippen molar-refractivity contribution in [3.8, 4) is 0 Å². The first-order chi connectivity index (χ1) is 10.2. The fraction of sp³-hybridized carbons (Fsp3) is 0.500. The molecular formula is C16H23N3O2. The zero-order chi connectivity index (χ0) is 15.3. The molecule has 1 saturated heterocycles. The summed E-state index contributed by atoms with van der Waals surface area (Å²) in [5.74, 6) is 0.476. The van der Waals surface area contributed by atoms with Gasteiger partial charge in [-0.1, -0.05) is 38.1 Å². The fourth-order valence-electron chi connectivity index (χ4n) is 2.51. The second-order valence-corrected chi connectivity index (χ2v) is 5.11. The Balaban J connectivity index is 2.24. The van der Waals surface area contributed by atoms with Crippen molar-refractivity contribution in [3.63, 3.8) is 0 Å². The Morgan fingerprint density at radius 3 is 2.52 bits per heavy atom. The van der Waals surface area contributed by atoms with Crippen LogP contribution < -0.4 is 10.6 Å². The molecule has 1 aliphatic rings. The smallest absolute Gasteiger partial charge is 0.257 e. The molecule has 0 aliphatic carbocycles. The van der Waals surface area contributed by atoms with Crippen molar-refractivity contribution < 1.29 is 9.53 Å². The maximum absolute atomic E-state index is 12.4. The highest BCUT2D eigenvalue weighted by Crippen LogP contribution is 2.28. The van der Waals surface area contributed by atoms with Crippen LogP contribution in [0, 0.1) is 0 Å². The van der Waals surface area contributed by atoms with Gasteiger partial charge < -0.3 is 10.1 Å². The number of nitrogens with zero attached hydrogens (tertiary/aromatic N) is 1. The lowest BCUT2D eigenvalue weighted by Crippen LogP contribution is -2.43. The molecule has 5 nitrogen and oxygen atoms in total. The molecule has 2 rings (SSSR count). The molecule has 1 amide bonds. The number of amides is 1. The van der Waals surface area contributed by atoms with Gasteiger partial charge in [0.25, 0.3) is 5.91 Å². The number of rotatable bonds is 6. The van der Waals surface area contributed by atoms with Gasteiger partial charge in [-0.3, -0.25) is 15.1 Å². The van der Waals surface area contributed by atoms with Crippen molar-refractivity contribution >= 4 is 11.9 Å². The Bertz CT molecular complexity index is 525. The van der Waals surface area contributed by atoms with Crippen LogP contribution in [0.2, 0.25) is 0 Å². The van der Waals surface area contributed by atoms with Crippen LogP contribution in [0.4, 0.5) is 0 Å². The van der Waals surface area contributed by atoms with Crippen LogP contribution in [0.1, 0.15) is 31.4 Å². The van der Waals surface area contributed by atoms with E-state index in [1.807, 2.05) is 19.1 Å². The summed E-state index contributed by atoms with van der Waals surface area (Å²) in [6.07, 6.45) is 1.65. The van der Waals surface area contributed by atoms with E-state index >= 15 is 0 Å². The van der Waals surface area contributed by atoms with Crippen molar-refractivity contribution in [2.24, 2.45) is 4.99 Å². The van der Waals surface area contributed by atoms with Gasteiger partial charge in [0.15, 0.2) is 5.96 Å². The summed E-state index contributed by atoms with van der Waals surface area (Å²) in [5, 5.41) is 6.08. The van der Waals surface area contributed by atoms with Gasteiger partial charge in [-0.15, -0.1) is 0 Å². The van der Waals surface area contributed by atoms with E-state index in [1.54, 1.807) is 7.11 Å². The van der Waals surface area contributed by atoms with Gasteiger partial charge in [0.1, 0.15) is 5.54 Å². The molecule has 2 N–H and O–H groups in total. The van der Waals surface area contributed by atoms with Crippen LogP contribution in [0.5, 0.6) is 0 Å². The number of carbonyl (C=O) groups is 1. The first-order valence-corrected chi connectivity index (χ1v) is 7.38. The Morgan fingerprint density at radius 2 is 1.95 bits per heavy atom. The van der Waals surface area contributed by atoms with Crippen LogP contribution in [-0.4, -0.2) is 32.1 Å². The SMILES string of the molecule is CCc1ccc(C2(CC)NC(=NCCOC)NC2=O)cc1. The second-order valence-electron chi connectivity index (χ2n) is 5.11. The fourth-order valence-corrected chi connectivity index (χ4v) is 2.51. The summed E-state index contributed by atoms with van der Waals surface area (Å²) in [4.78, 5) is 16.8. The maximum atomic E-state index is 12.4. The molecule has 0 spiro atoms. The quantitative estimate of drug-likeness (QED) is 0.782. The molecule has 1 aliphatic heterocycles. The predicted molar refractivity (Wildman–Crippen MR) is 83.2 cm³/mol. The summed E-state index contributed by atoms with van der Waals surface area (Å²) >= 11 is 0. The van der Waals surface area contributed by atoms with E-state index in [1.165, 1.54) is 5.56 Å². The average Bonchev–Trinajstić information content (AvgIpc) is 2.85.